The summed E-state index contributed by atoms with van der Waals surface area (Å²) in [6.07, 6.45) is 6.77. The third kappa shape index (κ3) is 4.31. The van der Waals surface area contributed by atoms with Crippen LogP contribution in [0.4, 0.5) is 5.13 Å². The van der Waals surface area contributed by atoms with Crippen molar-refractivity contribution in [1.82, 2.24) is 9.88 Å². The summed E-state index contributed by atoms with van der Waals surface area (Å²) >= 11 is 1.70. The fraction of sp³-hybridized carbons (Fsp3) is 0.318. The maximum Gasteiger partial charge on any atom is 0.186 e. The van der Waals surface area contributed by atoms with Crippen molar-refractivity contribution in [2.24, 2.45) is 0 Å². The third-order valence-electron chi connectivity index (χ3n) is 5.24. The van der Waals surface area contributed by atoms with Crippen LogP contribution in [-0.2, 0) is 0 Å². The number of likely N-dealkylation sites (tertiary alicyclic amines) is 1. The molecule has 1 fully saturated rings. The number of benzene rings is 2. The maximum absolute atomic E-state index is 9.64. The van der Waals surface area contributed by atoms with Gasteiger partial charge in [-0.1, -0.05) is 53.8 Å². The molecule has 1 saturated heterocycles. The van der Waals surface area contributed by atoms with Crippen LogP contribution < -0.4 is 4.90 Å². The van der Waals surface area contributed by atoms with E-state index >= 15 is 0 Å². The molecular weight excluding hydrogens is 354 g/mol. The van der Waals surface area contributed by atoms with Gasteiger partial charge in [0, 0.05) is 38.8 Å². The zero-order chi connectivity index (χ0) is 18.6. The van der Waals surface area contributed by atoms with Crippen molar-refractivity contribution in [2.75, 3.05) is 31.6 Å². The van der Waals surface area contributed by atoms with Crippen LogP contribution in [0.1, 0.15) is 18.4 Å². The second-order valence-electron chi connectivity index (χ2n) is 7.10. The lowest BCUT2D eigenvalue weighted by Crippen LogP contribution is -2.43. The summed E-state index contributed by atoms with van der Waals surface area (Å²) in [5.41, 5.74) is 2.14. The van der Waals surface area contributed by atoms with E-state index in [1.165, 1.54) is 5.56 Å². The largest absolute Gasteiger partial charge is 0.508 e. The molecule has 1 aliphatic rings. The summed E-state index contributed by atoms with van der Waals surface area (Å²) < 4.78 is 1.12. The first-order chi connectivity index (χ1) is 13.2. The van der Waals surface area contributed by atoms with Gasteiger partial charge >= 0.3 is 0 Å². The van der Waals surface area contributed by atoms with Crippen LogP contribution in [0.25, 0.3) is 16.3 Å². The van der Waals surface area contributed by atoms with Gasteiger partial charge in [0.2, 0.25) is 0 Å². The molecule has 0 spiro atoms. The lowest BCUT2D eigenvalue weighted by atomic mass is 10.0. The van der Waals surface area contributed by atoms with E-state index in [0.29, 0.717) is 6.04 Å². The highest BCUT2D eigenvalue weighted by molar-refractivity contribution is 7.22. The van der Waals surface area contributed by atoms with Crippen molar-refractivity contribution >= 4 is 32.8 Å². The minimum absolute atomic E-state index is 0.277. The standard InChI is InChI=1S/C22H25N3OS/c1-24(22-23-20-16-19(26)9-10-21(20)27-22)18-11-14-25(15-12-18)13-5-8-17-6-3-2-4-7-17/h2-10,16,18,26H,11-15H2,1H3/b8-5+. The van der Waals surface area contributed by atoms with Crippen molar-refractivity contribution in [3.63, 3.8) is 0 Å². The molecular formula is C22H25N3OS. The van der Waals surface area contributed by atoms with E-state index in [0.717, 1.165) is 47.8 Å². The number of piperidine rings is 1. The third-order valence-corrected chi connectivity index (χ3v) is 6.37. The summed E-state index contributed by atoms with van der Waals surface area (Å²) in [6.45, 7) is 3.23. The molecule has 5 heteroatoms. The smallest absolute Gasteiger partial charge is 0.186 e. The highest BCUT2D eigenvalue weighted by atomic mass is 32.1. The summed E-state index contributed by atoms with van der Waals surface area (Å²) in [7, 11) is 2.15. The van der Waals surface area contributed by atoms with Gasteiger partial charge in [-0.2, -0.15) is 0 Å². The van der Waals surface area contributed by atoms with E-state index in [-0.39, 0.29) is 5.75 Å². The average Bonchev–Trinajstić information content (AvgIpc) is 3.12. The number of nitrogens with zero attached hydrogens (tertiary/aromatic N) is 3. The number of aromatic nitrogens is 1. The van der Waals surface area contributed by atoms with Gasteiger partial charge in [0.25, 0.3) is 0 Å². The van der Waals surface area contributed by atoms with Gasteiger partial charge in [0.1, 0.15) is 5.75 Å². The SMILES string of the molecule is CN(c1nc2cc(O)ccc2s1)C1CCN(C/C=C/c2ccccc2)CC1. The molecule has 0 bridgehead atoms. The minimum Gasteiger partial charge on any atom is -0.508 e. The number of rotatable bonds is 5. The molecule has 2 heterocycles. The summed E-state index contributed by atoms with van der Waals surface area (Å²) in [4.78, 5) is 9.54. The van der Waals surface area contributed by atoms with Gasteiger partial charge in [-0.3, -0.25) is 4.90 Å². The van der Waals surface area contributed by atoms with Crippen LogP contribution in [0.5, 0.6) is 5.75 Å². The predicted molar refractivity (Wildman–Crippen MR) is 115 cm³/mol. The van der Waals surface area contributed by atoms with Crippen LogP contribution in [-0.4, -0.2) is 47.7 Å². The molecule has 0 saturated carbocycles. The summed E-state index contributed by atoms with van der Waals surface area (Å²) in [5, 5.41) is 10.7. The number of phenolic OH excluding ortho intramolecular Hbond substituents is 1. The molecule has 0 atom stereocenters. The molecule has 140 valence electrons. The highest BCUT2D eigenvalue weighted by Crippen LogP contribution is 2.32. The number of thiazole rings is 1. The Kier molecular flexibility index (Phi) is 5.41. The Morgan fingerprint density at radius 1 is 1.19 bits per heavy atom. The fourth-order valence-corrected chi connectivity index (χ4v) is 4.58. The van der Waals surface area contributed by atoms with Crippen LogP contribution >= 0.6 is 11.3 Å². The monoisotopic (exact) mass is 379 g/mol. The average molecular weight is 380 g/mol. The van der Waals surface area contributed by atoms with E-state index in [1.807, 2.05) is 12.1 Å². The lowest BCUT2D eigenvalue weighted by Gasteiger charge is -2.36. The zero-order valence-electron chi connectivity index (χ0n) is 15.6. The van der Waals surface area contributed by atoms with Crippen molar-refractivity contribution in [2.45, 2.75) is 18.9 Å². The molecule has 2 aromatic carbocycles. The second kappa shape index (κ2) is 8.11. The molecule has 1 aromatic heterocycles. The number of aromatic hydroxyl groups is 1. The first-order valence-corrected chi connectivity index (χ1v) is 10.3. The Labute approximate surface area is 164 Å². The van der Waals surface area contributed by atoms with Crippen molar-refractivity contribution in [3.05, 3.63) is 60.2 Å². The fourth-order valence-electron chi connectivity index (χ4n) is 3.60. The molecule has 4 rings (SSSR count). The molecule has 4 nitrogen and oxygen atoms in total. The molecule has 0 aliphatic carbocycles. The number of hydrogen-bond acceptors (Lipinski definition) is 5. The molecule has 3 aromatic rings. The highest BCUT2D eigenvalue weighted by Gasteiger charge is 2.23. The number of fused-ring (bicyclic) bond motifs is 1. The Morgan fingerprint density at radius 3 is 2.74 bits per heavy atom. The van der Waals surface area contributed by atoms with Gasteiger partial charge in [-0.05, 0) is 30.5 Å². The Hall–Kier alpha value is -2.37. The number of phenols is 1. The number of anilines is 1. The maximum atomic E-state index is 9.64. The van der Waals surface area contributed by atoms with Gasteiger partial charge in [0.05, 0.1) is 10.2 Å². The molecule has 1 N–H and O–H groups in total. The normalized spacial score (nSPS) is 16.3. The van der Waals surface area contributed by atoms with E-state index in [9.17, 15) is 5.11 Å². The van der Waals surface area contributed by atoms with Gasteiger partial charge in [0.15, 0.2) is 5.13 Å². The summed E-state index contributed by atoms with van der Waals surface area (Å²) in [6, 6.07) is 16.4. The topological polar surface area (TPSA) is 39.6 Å². The quantitative estimate of drug-likeness (QED) is 0.702. The molecule has 1 aliphatic heterocycles. The van der Waals surface area contributed by atoms with Crippen LogP contribution in [0.15, 0.2) is 54.6 Å². The first-order valence-electron chi connectivity index (χ1n) is 9.45. The van der Waals surface area contributed by atoms with Gasteiger partial charge in [-0.25, -0.2) is 4.98 Å². The van der Waals surface area contributed by atoms with Crippen molar-refractivity contribution in [3.8, 4) is 5.75 Å². The lowest BCUT2D eigenvalue weighted by molar-refractivity contribution is 0.231. The second-order valence-corrected chi connectivity index (χ2v) is 8.11. The Bertz CT molecular complexity index is 914. The van der Waals surface area contributed by atoms with E-state index < -0.39 is 0 Å². The molecule has 0 radical (unpaired) electrons. The van der Waals surface area contributed by atoms with E-state index in [2.05, 4.69) is 53.3 Å². The zero-order valence-corrected chi connectivity index (χ0v) is 16.4. The molecule has 0 amide bonds. The van der Waals surface area contributed by atoms with E-state index in [1.54, 1.807) is 23.5 Å². The van der Waals surface area contributed by atoms with Crippen molar-refractivity contribution in [1.29, 1.82) is 0 Å². The van der Waals surface area contributed by atoms with Gasteiger partial charge in [-0.15, -0.1) is 0 Å². The predicted octanol–water partition coefficient (Wildman–Crippen LogP) is 4.62. The minimum atomic E-state index is 0.277. The van der Waals surface area contributed by atoms with E-state index in [4.69, 9.17) is 4.98 Å². The Morgan fingerprint density at radius 2 is 1.96 bits per heavy atom. The molecule has 27 heavy (non-hydrogen) atoms. The van der Waals surface area contributed by atoms with Crippen LogP contribution in [0.3, 0.4) is 0 Å². The summed E-state index contributed by atoms with van der Waals surface area (Å²) in [5.74, 6) is 0.277. The number of hydrogen-bond donors (Lipinski definition) is 1. The molecule has 0 unspecified atom stereocenters. The van der Waals surface area contributed by atoms with Crippen molar-refractivity contribution < 1.29 is 5.11 Å². The van der Waals surface area contributed by atoms with Crippen LogP contribution in [0, 0.1) is 0 Å². The van der Waals surface area contributed by atoms with Gasteiger partial charge < -0.3 is 10.0 Å². The first kappa shape index (κ1) is 18.0. The Balaban J connectivity index is 1.32. The van der Waals surface area contributed by atoms with Crippen LogP contribution in [0.2, 0.25) is 0 Å².